The number of nitrogens with zero attached hydrogens (tertiary/aromatic N) is 3. The summed E-state index contributed by atoms with van der Waals surface area (Å²) in [5.74, 6) is 0.587. The summed E-state index contributed by atoms with van der Waals surface area (Å²) in [5, 5.41) is 0.497. The van der Waals surface area contributed by atoms with Gasteiger partial charge in [-0.15, -0.1) is 0 Å². The first-order chi connectivity index (χ1) is 18.0. The van der Waals surface area contributed by atoms with Crippen LogP contribution in [0.4, 0.5) is 14.6 Å². The van der Waals surface area contributed by atoms with Gasteiger partial charge in [-0.25, -0.2) is 13.8 Å². The first-order valence-corrected chi connectivity index (χ1v) is 12.8. The number of hydrogen-bond acceptors (Lipinski definition) is 4. The van der Waals surface area contributed by atoms with E-state index in [-0.39, 0.29) is 23.3 Å². The summed E-state index contributed by atoms with van der Waals surface area (Å²) in [4.78, 5) is 24.9. The highest BCUT2D eigenvalue weighted by molar-refractivity contribution is 6.03. The van der Waals surface area contributed by atoms with Crippen molar-refractivity contribution in [1.29, 1.82) is 0 Å². The third-order valence-corrected chi connectivity index (χ3v) is 7.14. The van der Waals surface area contributed by atoms with E-state index >= 15 is 4.39 Å². The van der Waals surface area contributed by atoms with Crippen LogP contribution in [0.2, 0.25) is 0 Å². The lowest BCUT2D eigenvalue weighted by molar-refractivity contribution is 0.0741. The van der Waals surface area contributed by atoms with E-state index in [0.29, 0.717) is 60.4 Å². The average Bonchev–Trinajstić information content (AvgIpc) is 3.63. The predicted octanol–water partition coefficient (Wildman–Crippen LogP) is 5.57. The van der Waals surface area contributed by atoms with Gasteiger partial charge < -0.3 is 19.5 Å². The van der Waals surface area contributed by atoms with Crippen molar-refractivity contribution in [2.45, 2.75) is 32.3 Å². The van der Waals surface area contributed by atoms with E-state index in [2.05, 4.69) is 14.9 Å². The van der Waals surface area contributed by atoms with E-state index in [0.717, 1.165) is 24.4 Å². The van der Waals surface area contributed by atoms with Gasteiger partial charge in [0.1, 0.15) is 17.3 Å². The van der Waals surface area contributed by atoms with Gasteiger partial charge in [0.05, 0.1) is 11.6 Å². The second kappa shape index (κ2) is 9.50. The molecule has 4 aromatic rings. The van der Waals surface area contributed by atoms with Crippen LogP contribution in [0.25, 0.3) is 22.0 Å². The fraction of sp³-hybridized carbons (Fsp3) is 0.310. The maximum atomic E-state index is 15.3. The number of anilines is 1. The van der Waals surface area contributed by atoms with Gasteiger partial charge in [-0.2, -0.15) is 0 Å². The predicted molar refractivity (Wildman–Crippen MR) is 139 cm³/mol. The second-order valence-electron chi connectivity index (χ2n) is 9.62. The summed E-state index contributed by atoms with van der Waals surface area (Å²) in [5.41, 5.74) is 1.96. The number of amides is 1. The number of aromatic nitrogens is 2. The lowest BCUT2D eigenvalue weighted by Crippen LogP contribution is -2.49. The molecule has 3 heterocycles. The van der Waals surface area contributed by atoms with Crippen LogP contribution in [0, 0.1) is 11.6 Å². The number of H-pyrrole nitrogens is 1. The van der Waals surface area contributed by atoms with E-state index in [9.17, 15) is 9.18 Å². The number of ether oxygens (including phenoxy) is 1. The quantitative estimate of drug-likeness (QED) is 0.374. The summed E-state index contributed by atoms with van der Waals surface area (Å²) in [6.45, 7) is 4.07. The molecule has 8 heteroatoms. The summed E-state index contributed by atoms with van der Waals surface area (Å²) in [6, 6.07) is 13.6. The molecule has 0 unspecified atom stereocenters. The van der Waals surface area contributed by atoms with Crippen molar-refractivity contribution in [1.82, 2.24) is 14.9 Å². The van der Waals surface area contributed by atoms with Crippen LogP contribution < -0.4 is 9.64 Å². The number of pyridine rings is 1. The lowest BCUT2D eigenvalue weighted by atomic mass is 9.97. The smallest absolute Gasteiger partial charge is 0.270 e. The summed E-state index contributed by atoms with van der Waals surface area (Å²) in [7, 11) is 0. The van der Waals surface area contributed by atoms with Crippen LogP contribution in [-0.2, 0) is 6.42 Å². The maximum absolute atomic E-state index is 15.3. The summed E-state index contributed by atoms with van der Waals surface area (Å²) in [6.07, 6.45) is 4.62. The number of halogens is 2. The molecule has 0 radical (unpaired) electrons. The second-order valence-corrected chi connectivity index (χ2v) is 9.62. The van der Waals surface area contributed by atoms with Crippen molar-refractivity contribution in [3.05, 3.63) is 77.6 Å². The summed E-state index contributed by atoms with van der Waals surface area (Å²) >= 11 is 0. The highest BCUT2D eigenvalue weighted by Crippen LogP contribution is 2.36. The number of piperazine rings is 1. The van der Waals surface area contributed by atoms with Crippen molar-refractivity contribution >= 4 is 22.6 Å². The van der Waals surface area contributed by atoms with E-state index in [1.807, 2.05) is 19.1 Å². The highest BCUT2D eigenvalue weighted by Gasteiger charge is 2.29. The average molecular weight is 503 g/mol. The Kier molecular flexibility index (Phi) is 6.02. The number of aromatic amines is 1. The van der Waals surface area contributed by atoms with Crippen molar-refractivity contribution < 1.29 is 18.3 Å². The van der Waals surface area contributed by atoms with Gasteiger partial charge in [-0.1, -0.05) is 25.1 Å². The Hall–Kier alpha value is -3.94. The molecule has 1 saturated heterocycles. The Bertz CT molecular complexity index is 1470. The lowest BCUT2D eigenvalue weighted by Gasteiger charge is -2.35. The molecule has 1 amide bonds. The number of benzene rings is 2. The number of aryl methyl sites for hydroxylation is 1. The number of hydrogen-bond donors (Lipinski definition) is 1. The molecule has 37 heavy (non-hydrogen) atoms. The van der Waals surface area contributed by atoms with Gasteiger partial charge in [0.15, 0.2) is 11.6 Å². The Balaban J connectivity index is 1.26. The van der Waals surface area contributed by atoms with Gasteiger partial charge >= 0.3 is 0 Å². The molecule has 190 valence electrons. The SMILES string of the molecule is CCc1cc(-c2ccccc2F)c2cc(C(=O)N3CCN(c4ncccc4OC4CC4)CC3)[nH]c2c1F. The van der Waals surface area contributed by atoms with Crippen LogP contribution >= 0.6 is 0 Å². The molecule has 0 atom stereocenters. The monoisotopic (exact) mass is 502 g/mol. The minimum Gasteiger partial charge on any atom is -0.487 e. The minimum atomic E-state index is -0.403. The molecule has 1 saturated carbocycles. The van der Waals surface area contributed by atoms with Gasteiger partial charge in [-0.05, 0) is 60.7 Å². The molecule has 2 aliphatic rings. The third-order valence-electron chi connectivity index (χ3n) is 7.14. The van der Waals surface area contributed by atoms with Crippen LogP contribution in [0.15, 0.2) is 54.7 Å². The standard InChI is InChI=1S/C29H28F2N4O2/c1-2-18-16-21(20-6-3-4-7-23(20)30)22-17-24(33-27(22)26(18)31)29(36)35-14-12-34(13-15-35)28-25(8-5-11-32-28)37-19-9-10-19/h3-8,11,16-17,19,33H,2,9-10,12-15H2,1H3. The number of rotatable bonds is 6. The molecule has 1 N–H and O–H groups in total. The molecule has 6 nitrogen and oxygen atoms in total. The third kappa shape index (κ3) is 4.41. The zero-order valence-corrected chi connectivity index (χ0v) is 20.6. The first-order valence-electron chi connectivity index (χ1n) is 12.8. The largest absolute Gasteiger partial charge is 0.487 e. The van der Waals surface area contributed by atoms with Gasteiger partial charge in [0.2, 0.25) is 0 Å². The highest BCUT2D eigenvalue weighted by atomic mass is 19.1. The molecule has 0 bridgehead atoms. The van der Waals surface area contributed by atoms with Crippen LogP contribution in [0.1, 0.15) is 35.8 Å². The minimum absolute atomic E-state index is 0.205. The van der Waals surface area contributed by atoms with Crippen molar-refractivity contribution in [3.8, 4) is 16.9 Å². The van der Waals surface area contributed by atoms with Gasteiger partial charge in [0.25, 0.3) is 5.91 Å². The molecule has 0 spiro atoms. The zero-order valence-electron chi connectivity index (χ0n) is 20.6. The topological polar surface area (TPSA) is 61.5 Å². The fourth-order valence-electron chi connectivity index (χ4n) is 4.96. The molecule has 2 aromatic heterocycles. The Morgan fingerprint density at radius 1 is 1.05 bits per heavy atom. The number of carbonyl (C=O) groups excluding carboxylic acids is 1. The Morgan fingerprint density at radius 2 is 1.84 bits per heavy atom. The van der Waals surface area contributed by atoms with Crippen LogP contribution in [0.5, 0.6) is 5.75 Å². The molecule has 2 aromatic carbocycles. The van der Waals surface area contributed by atoms with Crippen molar-refractivity contribution in [3.63, 3.8) is 0 Å². The van der Waals surface area contributed by atoms with E-state index in [1.54, 1.807) is 41.4 Å². The molecular formula is C29H28F2N4O2. The molecule has 2 fully saturated rings. The van der Waals surface area contributed by atoms with E-state index in [4.69, 9.17) is 4.74 Å². The van der Waals surface area contributed by atoms with Crippen molar-refractivity contribution in [2.75, 3.05) is 31.1 Å². The molecule has 6 rings (SSSR count). The summed E-state index contributed by atoms with van der Waals surface area (Å²) < 4.78 is 36.0. The van der Waals surface area contributed by atoms with Crippen LogP contribution in [-0.4, -0.2) is 53.1 Å². The fourth-order valence-corrected chi connectivity index (χ4v) is 4.96. The molecule has 1 aliphatic heterocycles. The van der Waals surface area contributed by atoms with Crippen LogP contribution in [0.3, 0.4) is 0 Å². The first kappa shape index (κ1) is 23.5. The number of nitrogens with one attached hydrogen (secondary N) is 1. The van der Waals surface area contributed by atoms with Gasteiger partial charge in [-0.3, -0.25) is 4.79 Å². The number of carbonyl (C=O) groups is 1. The van der Waals surface area contributed by atoms with E-state index in [1.165, 1.54) is 6.07 Å². The Morgan fingerprint density at radius 3 is 2.57 bits per heavy atom. The van der Waals surface area contributed by atoms with Gasteiger partial charge in [0, 0.05) is 43.3 Å². The number of fused-ring (bicyclic) bond motifs is 1. The Labute approximate surface area is 213 Å². The molecule has 1 aliphatic carbocycles. The maximum Gasteiger partial charge on any atom is 0.270 e. The van der Waals surface area contributed by atoms with E-state index < -0.39 is 5.82 Å². The normalized spacial score (nSPS) is 15.9. The van der Waals surface area contributed by atoms with Crippen molar-refractivity contribution in [2.24, 2.45) is 0 Å². The molecular weight excluding hydrogens is 474 g/mol. The zero-order chi connectivity index (χ0) is 25.5.